The number of nitrogens with one attached hydrogen (secondary N) is 2. The predicted molar refractivity (Wildman–Crippen MR) is 156 cm³/mol. The molecule has 0 aromatic carbocycles. The molecule has 0 atom stereocenters. The van der Waals surface area contributed by atoms with Crippen LogP contribution in [0.3, 0.4) is 0 Å². The van der Waals surface area contributed by atoms with E-state index >= 15 is 0 Å². The van der Waals surface area contributed by atoms with Crippen molar-refractivity contribution in [2.75, 3.05) is 30.6 Å². The standard InChI is InChI=1S/C29H35N5O7S/c1-17(35)31-25-14-23(21(15-30-25)22-10-11-24-28(33-22)39-16-29(2,3)41-24)32-26-12-20(13-27(34-26)42(5,36)37)40-19-8-6-18(38-4)7-9-19/h10-15,18-19H,6-9,16H2,1-5H3,(H2,30,31,32,34,35)/t18-,19-. The van der Waals surface area contributed by atoms with E-state index in [0.717, 1.165) is 31.9 Å². The first kappa shape index (κ1) is 29.5. The SMILES string of the molecule is CO[C@H]1CC[C@H](Oc2cc(Nc3cc(NC(C)=O)ncc3-c3ccc4c(n3)OCC(C)(C)O4)nc(S(C)(=O)=O)c2)CC1. The van der Waals surface area contributed by atoms with Gasteiger partial charge in [0.25, 0.3) is 5.88 Å². The summed E-state index contributed by atoms with van der Waals surface area (Å²) in [6.07, 6.45) is 6.09. The summed E-state index contributed by atoms with van der Waals surface area (Å²) < 4.78 is 48.6. The smallest absolute Gasteiger partial charge is 0.257 e. The van der Waals surface area contributed by atoms with Crippen LogP contribution in [0.15, 0.2) is 41.6 Å². The molecule has 2 N–H and O–H groups in total. The highest BCUT2D eigenvalue weighted by Crippen LogP contribution is 2.38. The number of sulfone groups is 1. The lowest BCUT2D eigenvalue weighted by molar-refractivity contribution is -0.114. The fraction of sp³-hybridized carbons (Fsp3) is 0.448. The number of carbonyl (C=O) groups excluding carboxylic acids is 1. The van der Waals surface area contributed by atoms with E-state index in [9.17, 15) is 13.2 Å². The maximum absolute atomic E-state index is 12.6. The van der Waals surface area contributed by atoms with Crippen molar-refractivity contribution in [3.8, 4) is 28.6 Å². The van der Waals surface area contributed by atoms with Crippen molar-refractivity contribution < 1.29 is 32.2 Å². The fourth-order valence-corrected chi connectivity index (χ4v) is 5.45. The van der Waals surface area contributed by atoms with Gasteiger partial charge in [-0.1, -0.05) is 0 Å². The van der Waals surface area contributed by atoms with Crippen LogP contribution in [0, 0.1) is 0 Å². The lowest BCUT2D eigenvalue weighted by Gasteiger charge is -2.31. The summed E-state index contributed by atoms with van der Waals surface area (Å²) in [7, 11) is -1.96. The Bertz CT molecular complexity index is 1590. The number of pyridine rings is 3. The molecule has 1 aliphatic heterocycles. The van der Waals surface area contributed by atoms with Gasteiger partial charge in [-0.05, 0) is 51.7 Å². The van der Waals surface area contributed by atoms with Crippen LogP contribution in [0.5, 0.6) is 17.4 Å². The number of rotatable bonds is 8. The zero-order chi connectivity index (χ0) is 30.1. The number of hydrogen-bond donors (Lipinski definition) is 2. The minimum atomic E-state index is -3.66. The topological polar surface area (TPSA) is 151 Å². The number of aromatic nitrogens is 3. The van der Waals surface area contributed by atoms with Gasteiger partial charge in [0.2, 0.25) is 5.91 Å². The summed E-state index contributed by atoms with van der Waals surface area (Å²) in [6.45, 7) is 5.57. The Morgan fingerprint density at radius 1 is 1.05 bits per heavy atom. The second-order valence-electron chi connectivity index (χ2n) is 11.1. The molecule has 12 nitrogen and oxygen atoms in total. The molecule has 3 aromatic heterocycles. The van der Waals surface area contributed by atoms with E-state index < -0.39 is 15.4 Å². The van der Waals surface area contributed by atoms with E-state index in [1.807, 2.05) is 13.8 Å². The van der Waals surface area contributed by atoms with E-state index in [-0.39, 0.29) is 29.0 Å². The third-order valence-electron chi connectivity index (χ3n) is 6.93. The highest BCUT2D eigenvalue weighted by molar-refractivity contribution is 7.90. The molecule has 1 amide bonds. The molecular weight excluding hydrogens is 562 g/mol. The second kappa shape index (κ2) is 11.7. The van der Waals surface area contributed by atoms with Gasteiger partial charge in [0.05, 0.1) is 23.6 Å². The van der Waals surface area contributed by atoms with Crippen LogP contribution < -0.4 is 24.8 Å². The number of amides is 1. The monoisotopic (exact) mass is 597 g/mol. The number of ether oxygens (including phenoxy) is 4. The van der Waals surface area contributed by atoms with Crippen molar-refractivity contribution >= 4 is 33.1 Å². The summed E-state index contributed by atoms with van der Waals surface area (Å²) >= 11 is 0. The first-order valence-corrected chi connectivity index (χ1v) is 15.6. The third kappa shape index (κ3) is 7.08. The lowest BCUT2D eigenvalue weighted by Crippen LogP contribution is -2.39. The molecule has 1 saturated carbocycles. The van der Waals surface area contributed by atoms with Crippen LogP contribution in [0.25, 0.3) is 11.3 Å². The number of methoxy groups -OCH3 is 1. The number of carbonyl (C=O) groups is 1. The van der Waals surface area contributed by atoms with Crippen molar-refractivity contribution in [2.45, 2.75) is 69.3 Å². The second-order valence-corrected chi connectivity index (χ2v) is 13.1. The lowest BCUT2D eigenvalue weighted by atomic mass is 9.95. The van der Waals surface area contributed by atoms with Gasteiger partial charge in [-0.3, -0.25) is 4.79 Å². The van der Waals surface area contributed by atoms with Gasteiger partial charge in [0.1, 0.15) is 29.6 Å². The molecule has 13 heteroatoms. The van der Waals surface area contributed by atoms with Gasteiger partial charge in [0, 0.05) is 50.2 Å². The van der Waals surface area contributed by atoms with Crippen LogP contribution in [0.1, 0.15) is 46.5 Å². The predicted octanol–water partition coefficient (Wildman–Crippen LogP) is 4.53. The molecule has 42 heavy (non-hydrogen) atoms. The van der Waals surface area contributed by atoms with Crippen LogP contribution in [0.2, 0.25) is 0 Å². The zero-order valence-corrected chi connectivity index (χ0v) is 25.1. The molecule has 2 aliphatic rings. The third-order valence-corrected chi connectivity index (χ3v) is 7.90. The van der Waals surface area contributed by atoms with Crippen LogP contribution in [0.4, 0.5) is 17.3 Å². The molecule has 1 fully saturated rings. The zero-order valence-electron chi connectivity index (χ0n) is 24.3. The van der Waals surface area contributed by atoms with Crippen molar-refractivity contribution in [2.24, 2.45) is 0 Å². The van der Waals surface area contributed by atoms with E-state index in [2.05, 4.69) is 25.6 Å². The van der Waals surface area contributed by atoms with E-state index in [4.69, 9.17) is 18.9 Å². The van der Waals surface area contributed by atoms with Crippen molar-refractivity contribution in [3.05, 3.63) is 36.5 Å². The van der Waals surface area contributed by atoms with Gasteiger partial charge >= 0.3 is 0 Å². The summed E-state index contributed by atoms with van der Waals surface area (Å²) in [6, 6.07) is 8.26. The Balaban J connectivity index is 1.50. The minimum Gasteiger partial charge on any atom is -0.490 e. The van der Waals surface area contributed by atoms with Gasteiger partial charge < -0.3 is 29.6 Å². The summed E-state index contributed by atoms with van der Waals surface area (Å²) in [5.41, 5.74) is 1.08. The first-order chi connectivity index (χ1) is 19.9. The van der Waals surface area contributed by atoms with Gasteiger partial charge in [-0.15, -0.1) is 0 Å². The quantitative estimate of drug-likeness (QED) is 0.377. The average Bonchev–Trinajstić information content (AvgIpc) is 2.92. The van der Waals surface area contributed by atoms with Crippen LogP contribution in [-0.4, -0.2) is 67.1 Å². The highest BCUT2D eigenvalue weighted by Gasteiger charge is 2.29. The summed E-state index contributed by atoms with van der Waals surface area (Å²) in [5.74, 6) is 1.48. The van der Waals surface area contributed by atoms with E-state index in [1.54, 1.807) is 37.6 Å². The molecule has 224 valence electrons. The summed E-state index contributed by atoms with van der Waals surface area (Å²) in [5, 5.41) is 5.74. The average molecular weight is 598 g/mol. The van der Waals surface area contributed by atoms with Crippen molar-refractivity contribution in [3.63, 3.8) is 0 Å². The molecule has 0 radical (unpaired) electrons. The fourth-order valence-electron chi connectivity index (χ4n) is 4.86. The van der Waals surface area contributed by atoms with Gasteiger partial charge in [-0.2, -0.15) is 0 Å². The Hall–Kier alpha value is -3.97. The molecule has 0 spiro atoms. The molecule has 5 rings (SSSR count). The van der Waals surface area contributed by atoms with E-state index in [1.165, 1.54) is 13.0 Å². The number of anilines is 3. The molecule has 4 heterocycles. The Kier molecular flexibility index (Phi) is 8.24. The molecule has 0 unspecified atom stereocenters. The highest BCUT2D eigenvalue weighted by atomic mass is 32.2. The Labute approximate surface area is 245 Å². The first-order valence-electron chi connectivity index (χ1n) is 13.7. The number of hydrogen-bond acceptors (Lipinski definition) is 11. The minimum absolute atomic E-state index is 0.0752. The maximum atomic E-state index is 12.6. The normalized spacial score (nSPS) is 19.5. The molecular formula is C29H35N5O7S. The Morgan fingerprint density at radius 2 is 1.79 bits per heavy atom. The van der Waals surface area contributed by atoms with Crippen LogP contribution >= 0.6 is 0 Å². The van der Waals surface area contributed by atoms with Crippen LogP contribution in [-0.2, 0) is 19.4 Å². The molecule has 1 aliphatic carbocycles. The van der Waals surface area contributed by atoms with Crippen molar-refractivity contribution in [1.29, 1.82) is 0 Å². The van der Waals surface area contributed by atoms with E-state index in [0.29, 0.717) is 46.7 Å². The molecule has 0 bridgehead atoms. The van der Waals surface area contributed by atoms with Crippen molar-refractivity contribution in [1.82, 2.24) is 15.0 Å². The number of fused-ring (bicyclic) bond motifs is 1. The Morgan fingerprint density at radius 3 is 2.48 bits per heavy atom. The van der Waals surface area contributed by atoms with Gasteiger partial charge in [0.15, 0.2) is 20.6 Å². The maximum Gasteiger partial charge on any atom is 0.257 e. The number of nitrogens with zero attached hydrogens (tertiary/aromatic N) is 3. The summed E-state index contributed by atoms with van der Waals surface area (Å²) in [4.78, 5) is 25.1. The molecule has 0 saturated heterocycles. The molecule has 3 aromatic rings. The largest absolute Gasteiger partial charge is 0.490 e. The van der Waals surface area contributed by atoms with Gasteiger partial charge in [-0.25, -0.2) is 23.4 Å².